The Morgan fingerprint density at radius 3 is 2.54 bits per heavy atom. The van der Waals surface area contributed by atoms with Crippen LogP contribution in [0.2, 0.25) is 5.02 Å². The summed E-state index contributed by atoms with van der Waals surface area (Å²) in [5.74, 6) is -1.33. The molecule has 0 radical (unpaired) electrons. The molecular formula is C24H16BrClF3N3O6S. The number of ether oxygens (including phenoxy) is 2. The number of nitro benzene ring substituents is 1. The molecule has 39 heavy (non-hydrogen) atoms. The van der Waals surface area contributed by atoms with Gasteiger partial charge in [-0.05, 0) is 58.3 Å². The Bertz CT molecular complexity index is 1700. The zero-order chi connectivity index (χ0) is 28.6. The lowest BCUT2D eigenvalue weighted by Gasteiger charge is -2.26. The standard InChI is InChI=1S/C24H16BrClF3N3O6S/c1-3-38-22(34)17-18(12-4-6-13(26)7-5-12)31-21(33)16(39-23(31)30-20(17)24(27,28)29)10-11-8-14(25)19(37-2)15(9-11)32(35)36/h4-10,18H,3H2,1-2H3/b16-10-/t18-/m0/s1. The number of rotatable bonds is 6. The lowest BCUT2D eigenvalue weighted by Crippen LogP contribution is -2.41. The molecule has 1 aliphatic rings. The predicted octanol–water partition coefficient (Wildman–Crippen LogP) is 4.67. The molecule has 2 aromatic carbocycles. The smallest absolute Gasteiger partial charge is 0.434 e. The van der Waals surface area contributed by atoms with Crippen LogP contribution in [0, 0.1) is 10.1 Å². The fraction of sp³-hybridized carbons (Fsp3) is 0.208. The van der Waals surface area contributed by atoms with E-state index in [1.54, 1.807) is 0 Å². The minimum atomic E-state index is -5.05. The van der Waals surface area contributed by atoms with Gasteiger partial charge in [-0.25, -0.2) is 9.79 Å². The van der Waals surface area contributed by atoms with Crippen LogP contribution in [-0.2, 0) is 9.53 Å². The Kier molecular flexibility index (Phi) is 8.00. The summed E-state index contributed by atoms with van der Waals surface area (Å²) in [6.45, 7) is 1.22. The molecule has 0 aliphatic carbocycles. The van der Waals surface area contributed by atoms with Crippen molar-refractivity contribution >= 4 is 56.6 Å². The Morgan fingerprint density at radius 1 is 1.31 bits per heavy atom. The second-order valence-corrected chi connectivity index (χ2v) is 10.2. The molecule has 0 saturated heterocycles. The van der Waals surface area contributed by atoms with E-state index in [4.69, 9.17) is 21.1 Å². The topological polar surface area (TPSA) is 113 Å². The monoisotopic (exact) mass is 645 g/mol. The third kappa shape index (κ3) is 5.49. The van der Waals surface area contributed by atoms with Gasteiger partial charge in [0.05, 0.1) is 39.3 Å². The summed E-state index contributed by atoms with van der Waals surface area (Å²) in [5.41, 5.74) is -3.15. The number of nitrogens with zero attached hydrogens (tertiary/aromatic N) is 3. The number of aromatic nitrogens is 1. The van der Waals surface area contributed by atoms with E-state index in [1.165, 1.54) is 50.4 Å². The van der Waals surface area contributed by atoms with E-state index >= 15 is 0 Å². The number of thiazole rings is 1. The zero-order valence-electron chi connectivity index (χ0n) is 19.9. The Labute approximate surface area is 234 Å². The first-order valence-electron chi connectivity index (χ1n) is 10.9. The number of carbonyl (C=O) groups excluding carboxylic acids is 1. The van der Waals surface area contributed by atoms with Gasteiger partial charge in [-0.1, -0.05) is 35.1 Å². The van der Waals surface area contributed by atoms with Crippen molar-refractivity contribution in [3.8, 4) is 5.75 Å². The summed E-state index contributed by atoms with van der Waals surface area (Å²) < 4.78 is 53.6. The SMILES string of the molecule is CCOC(=O)C1=C(C(F)(F)F)N=c2s/c(=C\c3cc(Br)c(OC)c([N+](=O)[O-])c3)c(=O)n2[C@H]1c1ccc(Cl)cc1. The summed E-state index contributed by atoms with van der Waals surface area (Å²) in [6.07, 6.45) is -3.77. The Hall–Kier alpha value is -3.49. The fourth-order valence-corrected chi connectivity index (χ4v) is 5.73. The number of allylic oxidation sites excluding steroid dienone is 1. The van der Waals surface area contributed by atoms with Crippen LogP contribution in [0.1, 0.15) is 24.1 Å². The number of benzene rings is 2. The van der Waals surface area contributed by atoms with E-state index < -0.39 is 45.6 Å². The van der Waals surface area contributed by atoms with Crippen LogP contribution >= 0.6 is 38.9 Å². The van der Waals surface area contributed by atoms with Crippen LogP contribution in [0.4, 0.5) is 18.9 Å². The maximum atomic E-state index is 14.2. The van der Waals surface area contributed by atoms with Crippen LogP contribution in [-0.4, -0.2) is 35.4 Å². The van der Waals surface area contributed by atoms with E-state index in [2.05, 4.69) is 20.9 Å². The average molecular weight is 647 g/mol. The van der Waals surface area contributed by atoms with Crippen molar-refractivity contribution in [2.45, 2.75) is 19.1 Å². The molecule has 0 spiro atoms. The first-order valence-corrected chi connectivity index (χ1v) is 12.9. The number of methoxy groups -OCH3 is 1. The van der Waals surface area contributed by atoms with Gasteiger partial charge >= 0.3 is 17.8 Å². The van der Waals surface area contributed by atoms with Crippen LogP contribution in [0.25, 0.3) is 6.08 Å². The summed E-state index contributed by atoms with van der Waals surface area (Å²) >= 11 is 9.78. The highest BCUT2D eigenvalue weighted by atomic mass is 79.9. The number of nitro groups is 1. The fourth-order valence-electron chi connectivity index (χ4n) is 3.97. The summed E-state index contributed by atoms with van der Waals surface area (Å²) in [5, 5.41) is 11.8. The molecule has 9 nitrogen and oxygen atoms in total. The van der Waals surface area contributed by atoms with Gasteiger partial charge in [-0.3, -0.25) is 19.5 Å². The number of alkyl halides is 3. The summed E-state index contributed by atoms with van der Waals surface area (Å²) in [6, 6.07) is 6.69. The van der Waals surface area contributed by atoms with Crippen molar-refractivity contribution in [1.29, 1.82) is 0 Å². The molecule has 1 aromatic heterocycles. The van der Waals surface area contributed by atoms with E-state index in [9.17, 15) is 32.9 Å². The molecule has 0 fully saturated rings. The lowest BCUT2D eigenvalue weighted by atomic mass is 9.95. The van der Waals surface area contributed by atoms with E-state index in [0.29, 0.717) is 11.3 Å². The molecule has 0 saturated carbocycles. The highest BCUT2D eigenvalue weighted by Gasteiger charge is 2.45. The Morgan fingerprint density at radius 2 is 1.97 bits per heavy atom. The molecule has 0 N–H and O–H groups in total. The van der Waals surface area contributed by atoms with Gasteiger partial charge in [0, 0.05) is 11.1 Å². The van der Waals surface area contributed by atoms with Gasteiger partial charge in [0.15, 0.2) is 10.5 Å². The van der Waals surface area contributed by atoms with Crippen molar-refractivity contribution in [2.75, 3.05) is 13.7 Å². The minimum Gasteiger partial charge on any atom is -0.489 e. The molecular weight excluding hydrogens is 631 g/mol. The van der Waals surface area contributed by atoms with Crippen molar-refractivity contribution in [3.05, 3.63) is 98.1 Å². The van der Waals surface area contributed by atoms with Crippen LogP contribution in [0.15, 0.2) is 61.9 Å². The van der Waals surface area contributed by atoms with E-state index in [1.807, 2.05) is 0 Å². The molecule has 15 heteroatoms. The molecule has 204 valence electrons. The largest absolute Gasteiger partial charge is 0.489 e. The zero-order valence-corrected chi connectivity index (χ0v) is 23.1. The summed E-state index contributed by atoms with van der Waals surface area (Å²) in [4.78, 5) is 40.6. The molecule has 0 unspecified atom stereocenters. The molecule has 0 bridgehead atoms. The normalized spacial score (nSPS) is 15.6. The second kappa shape index (κ2) is 10.9. The molecule has 1 aliphatic heterocycles. The Balaban J connectivity index is 2.04. The maximum Gasteiger partial charge on any atom is 0.434 e. The van der Waals surface area contributed by atoms with Crippen LogP contribution in [0.5, 0.6) is 5.75 Å². The van der Waals surface area contributed by atoms with Crippen LogP contribution < -0.4 is 19.6 Å². The minimum absolute atomic E-state index is 0.0461. The molecule has 3 aromatic rings. The third-order valence-electron chi connectivity index (χ3n) is 5.53. The predicted molar refractivity (Wildman–Crippen MR) is 140 cm³/mol. The van der Waals surface area contributed by atoms with Gasteiger partial charge in [0.2, 0.25) is 5.75 Å². The summed E-state index contributed by atoms with van der Waals surface area (Å²) in [7, 11) is 1.25. The van der Waals surface area contributed by atoms with Gasteiger partial charge in [-0.15, -0.1) is 0 Å². The van der Waals surface area contributed by atoms with Crippen molar-refractivity contribution < 1.29 is 32.4 Å². The molecule has 0 amide bonds. The lowest BCUT2D eigenvalue weighted by molar-refractivity contribution is -0.385. The number of hydrogen-bond donors (Lipinski definition) is 0. The highest BCUT2D eigenvalue weighted by Crippen LogP contribution is 2.39. The van der Waals surface area contributed by atoms with E-state index in [-0.39, 0.29) is 42.3 Å². The first kappa shape index (κ1) is 28.5. The van der Waals surface area contributed by atoms with Crippen molar-refractivity contribution in [3.63, 3.8) is 0 Å². The average Bonchev–Trinajstić information content (AvgIpc) is 3.17. The third-order valence-corrected chi connectivity index (χ3v) is 7.35. The molecule has 2 heterocycles. The number of esters is 1. The number of halogens is 5. The van der Waals surface area contributed by atoms with Gasteiger partial charge < -0.3 is 9.47 Å². The second-order valence-electron chi connectivity index (χ2n) is 7.93. The van der Waals surface area contributed by atoms with Crippen molar-refractivity contribution in [1.82, 2.24) is 4.57 Å². The van der Waals surface area contributed by atoms with Gasteiger partial charge in [0.1, 0.15) is 0 Å². The van der Waals surface area contributed by atoms with Gasteiger partial charge in [0.25, 0.3) is 5.56 Å². The quantitative estimate of drug-likeness (QED) is 0.219. The number of fused-ring (bicyclic) bond motifs is 1. The number of carbonyl (C=O) groups is 1. The highest BCUT2D eigenvalue weighted by molar-refractivity contribution is 9.10. The number of hydrogen-bond acceptors (Lipinski definition) is 8. The first-order chi connectivity index (χ1) is 18.4. The van der Waals surface area contributed by atoms with Crippen molar-refractivity contribution in [2.24, 2.45) is 4.99 Å². The molecule has 4 rings (SSSR count). The van der Waals surface area contributed by atoms with Gasteiger partial charge in [-0.2, -0.15) is 13.2 Å². The maximum absolute atomic E-state index is 14.2. The molecule has 1 atom stereocenters. The van der Waals surface area contributed by atoms with Crippen LogP contribution in [0.3, 0.4) is 0 Å². The van der Waals surface area contributed by atoms with E-state index in [0.717, 1.165) is 10.6 Å².